The number of thiazole rings is 1. The van der Waals surface area contributed by atoms with Crippen LogP contribution < -0.4 is 5.32 Å². The van der Waals surface area contributed by atoms with E-state index in [0.29, 0.717) is 20.5 Å². The highest BCUT2D eigenvalue weighted by molar-refractivity contribution is 7.99. The van der Waals surface area contributed by atoms with Crippen molar-refractivity contribution in [1.82, 2.24) is 19.7 Å². The predicted molar refractivity (Wildman–Crippen MR) is 110 cm³/mol. The van der Waals surface area contributed by atoms with Crippen molar-refractivity contribution in [2.45, 2.75) is 12.1 Å². The third-order valence-electron chi connectivity index (χ3n) is 4.15. The Morgan fingerprint density at radius 3 is 2.89 bits per heavy atom. The molecule has 1 amide bonds. The number of aryl methyl sites for hydroxylation is 1. The average molecular weight is 414 g/mol. The molecule has 0 saturated heterocycles. The molecule has 0 saturated carbocycles. The van der Waals surface area contributed by atoms with E-state index in [9.17, 15) is 9.18 Å². The van der Waals surface area contributed by atoms with Gasteiger partial charge in [0.05, 0.1) is 16.0 Å². The van der Waals surface area contributed by atoms with E-state index in [1.165, 1.54) is 35.2 Å². The predicted octanol–water partition coefficient (Wildman–Crippen LogP) is 4.27. The van der Waals surface area contributed by atoms with Crippen LogP contribution in [0.4, 0.5) is 9.52 Å². The van der Waals surface area contributed by atoms with E-state index in [-0.39, 0.29) is 17.5 Å². The third kappa shape index (κ3) is 3.76. The number of thioether (sulfide) groups is 1. The van der Waals surface area contributed by atoms with E-state index in [0.717, 1.165) is 17.0 Å². The van der Waals surface area contributed by atoms with Gasteiger partial charge in [0.25, 0.3) is 0 Å². The molecule has 6 nitrogen and oxygen atoms in total. The van der Waals surface area contributed by atoms with Gasteiger partial charge in [-0.3, -0.25) is 4.79 Å². The van der Waals surface area contributed by atoms with Gasteiger partial charge in [0.1, 0.15) is 5.82 Å². The van der Waals surface area contributed by atoms with Crippen LogP contribution in [-0.2, 0) is 11.8 Å². The maximum Gasteiger partial charge on any atom is 0.236 e. The number of anilines is 1. The van der Waals surface area contributed by atoms with Gasteiger partial charge in [0.15, 0.2) is 16.1 Å². The van der Waals surface area contributed by atoms with Crippen LogP contribution in [0.3, 0.4) is 0 Å². The number of hydrogen-bond acceptors (Lipinski definition) is 6. The summed E-state index contributed by atoms with van der Waals surface area (Å²) >= 11 is 2.54. The van der Waals surface area contributed by atoms with Crippen molar-refractivity contribution in [2.75, 3.05) is 11.1 Å². The molecule has 2 heterocycles. The van der Waals surface area contributed by atoms with Crippen molar-refractivity contribution in [2.24, 2.45) is 7.05 Å². The molecule has 28 heavy (non-hydrogen) atoms. The summed E-state index contributed by atoms with van der Waals surface area (Å²) in [6.07, 6.45) is 0. The van der Waals surface area contributed by atoms with E-state index in [2.05, 4.69) is 20.5 Å². The first-order chi connectivity index (χ1) is 13.5. The van der Waals surface area contributed by atoms with Gasteiger partial charge in [0.2, 0.25) is 5.91 Å². The zero-order valence-corrected chi connectivity index (χ0v) is 16.8. The molecule has 0 spiro atoms. The molecule has 0 radical (unpaired) electrons. The number of aromatic nitrogens is 4. The van der Waals surface area contributed by atoms with Gasteiger partial charge < -0.3 is 9.88 Å². The van der Waals surface area contributed by atoms with Gasteiger partial charge in [-0.15, -0.1) is 10.2 Å². The molecule has 142 valence electrons. The van der Waals surface area contributed by atoms with Crippen molar-refractivity contribution in [1.29, 1.82) is 0 Å². The Morgan fingerprint density at radius 1 is 1.25 bits per heavy atom. The lowest BCUT2D eigenvalue weighted by molar-refractivity contribution is -0.113. The summed E-state index contributed by atoms with van der Waals surface area (Å²) in [7, 11) is 1.88. The Hall–Kier alpha value is -2.78. The fourth-order valence-electron chi connectivity index (χ4n) is 2.74. The fourth-order valence-corrected chi connectivity index (χ4v) is 4.35. The van der Waals surface area contributed by atoms with Gasteiger partial charge in [0, 0.05) is 12.6 Å². The lowest BCUT2D eigenvalue weighted by atomic mass is 10.1. The lowest BCUT2D eigenvalue weighted by Crippen LogP contribution is -2.14. The zero-order chi connectivity index (χ0) is 19.7. The van der Waals surface area contributed by atoms with Crippen LogP contribution in [0.1, 0.15) is 5.56 Å². The number of carbonyl (C=O) groups excluding carboxylic acids is 1. The minimum atomic E-state index is -0.323. The molecule has 1 N–H and O–H groups in total. The SMILES string of the molecule is Cc1ccccc1-c1nnc(SCC(=O)Nc2nc3ccc(F)cc3s2)n1C. The summed E-state index contributed by atoms with van der Waals surface area (Å²) in [5.41, 5.74) is 2.78. The summed E-state index contributed by atoms with van der Waals surface area (Å²) < 4.78 is 15.8. The largest absolute Gasteiger partial charge is 0.305 e. The first-order valence-electron chi connectivity index (χ1n) is 8.45. The van der Waals surface area contributed by atoms with Gasteiger partial charge in [-0.05, 0) is 30.7 Å². The summed E-state index contributed by atoms with van der Waals surface area (Å²) in [5, 5.41) is 12.3. The number of halogens is 1. The molecule has 2 aromatic carbocycles. The summed E-state index contributed by atoms with van der Waals surface area (Å²) in [5.74, 6) is 0.403. The Bertz CT molecular complexity index is 1170. The molecule has 0 atom stereocenters. The van der Waals surface area contributed by atoms with Crippen molar-refractivity contribution in [3.8, 4) is 11.4 Å². The number of amides is 1. The molecular weight excluding hydrogens is 397 g/mol. The van der Waals surface area contributed by atoms with Gasteiger partial charge in [-0.25, -0.2) is 9.37 Å². The highest BCUT2D eigenvalue weighted by atomic mass is 32.2. The Morgan fingerprint density at radius 2 is 2.07 bits per heavy atom. The van der Waals surface area contributed by atoms with Crippen molar-refractivity contribution >= 4 is 44.4 Å². The molecule has 4 aromatic rings. The van der Waals surface area contributed by atoms with E-state index in [1.54, 1.807) is 6.07 Å². The molecule has 0 unspecified atom stereocenters. The van der Waals surface area contributed by atoms with Crippen molar-refractivity contribution in [3.63, 3.8) is 0 Å². The second-order valence-electron chi connectivity index (χ2n) is 6.15. The molecule has 0 aliphatic rings. The summed E-state index contributed by atoms with van der Waals surface area (Å²) in [4.78, 5) is 16.6. The average Bonchev–Trinajstić information content (AvgIpc) is 3.23. The molecule has 0 aliphatic heterocycles. The maximum absolute atomic E-state index is 13.3. The normalized spacial score (nSPS) is 11.1. The number of rotatable bonds is 5. The van der Waals surface area contributed by atoms with Crippen LogP contribution >= 0.6 is 23.1 Å². The molecule has 9 heteroatoms. The molecule has 0 bridgehead atoms. The smallest absolute Gasteiger partial charge is 0.236 e. The third-order valence-corrected chi connectivity index (χ3v) is 6.10. The minimum Gasteiger partial charge on any atom is -0.305 e. The second-order valence-corrected chi connectivity index (χ2v) is 8.12. The van der Waals surface area contributed by atoms with Crippen LogP contribution in [0.25, 0.3) is 21.6 Å². The van der Waals surface area contributed by atoms with Crippen LogP contribution in [0.5, 0.6) is 0 Å². The molecule has 0 aliphatic carbocycles. The number of nitrogens with zero attached hydrogens (tertiary/aromatic N) is 4. The monoisotopic (exact) mass is 413 g/mol. The Labute approximate surface area is 168 Å². The minimum absolute atomic E-state index is 0.171. The quantitative estimate of drug-likeness (QED) is 0.495. The van der Waals surface area contributed by atoms with Crippen LogP contribution in [-0.4, -0.2) is 31.4 Å². The van der Waals surface area contributed by atoms with Crippen LogP contribution in [0, 0.1) is 12.7 Å². The Kier molecular flexibility index (Phi) is 5.10. The van der Waals surface area contributed by atoms with Crippen molar-refractivity contribution in [3.05, 3.63) is 53.8 Å². The maximum atomic E-state index is 13.3. The van der Waals surface area contributed by atoms with E-state index >= 15 is 0 Å². The van der Waals surface area contributed by atoms with E-state index in [4.69, 9.17) is 0 Å². The van der Waals surface area contributed by atoms with Crippen molar-refractivity contribution < 1.29 is 9.18 Å². The summed E-state index contributed by atoms with van der Waals surface area (Å²) in [6, 6.07) is 12.3. The molecule has 4 rings (SSSR count). The molecular formula is C19H16FN5OS2. The summed E-state index contributed by atoms with van der Waals surface area (Å²) in [6.45, 7) is 2.02. The second kappa shape index (κ2) is 7.69. The standard InChI is InChI=1S/C19H16FN5OS2/c1-11-5-3-4-6-13(11)17-23-24-19(25(17)2)27-10-16(26)22-18-21-14-8-7-12(20)9-15(14)28-18/h3-9H,10H2,1-2H3,(H,21,22,26). The van der Waals surface area contributed by atoms with E-state index in [1.807, 2.05) is 42.8 Å². The topological polar surface area (TPSA) is 72.7 Å². The van der Waals surface area contributed by atoms with Gasteiger partial charge >= 0.3 is 0 Å². The number of hydrogen-bond donors (Lipinski definition) is 1. The molecule has 0 fully saturated rings. The highest BCUT2D eigenvalue weighted by Crippen LogP contribution is 2.28. The van der Waals surface area contributed by atoms with Crippen LogP contribution in [0.2, 0.25) is 0 Å². The first-order valence-corrected chi connectivity index (χ1v) is 10.3. The number of nitrogens with one attached hydrogen (secondary N) is 1. The first kappa shape index (κ1) is 18.6. The zero-order valence-electron chi connectivity index (χ0n) is 15.1. The van der Waals surface area contributed by atoms with Gasteiger partial charge in [-0.2, -0.15) is 0 Å². The highest BCUT2D eigenvalue weighted by Gasteiger charge is 2.15. The van der Waals surface area contributed by atoms with Crippen LogP contribution in [0.15, 0.2) is 47.6 Å². The number of fused-ring (bicyclic) bond motifs is 1. The number of benzene rings is 2. The fraction of sp³-hybridized carbons (Fsp3) is 0.158. The van der Waals surface area contributed by atoms with Gasteiger partial charge in [-0.1, -0.05) is 47.4 Å². The van der Waals surface area contributed by atoms with E-state index < -0.39 is 0 Å². The Balaban J connectivity index is 1.43. The lowest BCUT2D eigenvalue weighted by Gasteiger charge is -2.06. The number of carbonyl (C=O) groups is 1. The molecule has 2 aromatic heterocycles.